The molecular formula is C55H83N9O9. The molecule has 12 atom stereocenters. The van der Waals surface area contributed by atoms with Crippen LogP contribution in [0.1, 0.15) is 143 Å². The summed E-state index contributed by atoms with van der Waals surface area (Å²) in [5, 5.41) is 30.2. The molecule has 2 aromatic rings. The van der Waals surface area contributed by atoms with Gasteiger partial charge in [-0.1, -0.05) is 117 Å². The van der Waals surface area contributed by atoms with E-state index in [1.807, 2.05) is 24.3 Å². The molecule has 1 aromatic heterocycles. The van der Waals surface area contributed by atoms with Crippen molar-refractivity contribution in [1.29, 1.82) is 0 Å². The number of aromatic nitrogens is 1. The van der Waals surface area contributed by atoms with Crippen molar-refractivity contribution in [2.24, 2.45) is 75.4 Å². The van der Waals surface area contributed by atoms with Gasteiger partial charge in [0.05, 0.1) is 18.1 Å². The molecule has 18 nitrogen and oxygen atoms in total. The standard InChI is InChI=1S/C31H43N5O5.C24H40N4O4/c1-31(2)19-16-36(25(23(19)31)28(39)33-21(26(37)27(32)38)15-17-9-8-10-17)29(40)24(18-11-4-3-5-12-18)35-30-34-20-13-6-7-14-22(20)41-30;1-24(2)15-12-28(23(32)18(25)14-9-4-3-5-10-14)19(17(15)24)22(31)27-16(20(29)21(26)30)11-13-7-6-8-13/h6-7,13-14,17-19,21,23-26,37H,3-5,8-12,15-16H2,1-2H3,(H2,32,38)(H,33,39)(H,34,35);13-20,29H,3-12,25H2,1-2H3,(H2,26,30)(H,27,31)/t19-,21?,23-,24-,25-,26?;15-,16?,17-,18-,19-,20?/m00/s1. The zero-order valence-electron chi connectivity index (χ0n) is 43.5. The lowest BCUT2D eigenvalue weighted by molar-refractivity contribution is -0.143. The molecule has 10 rings (SSSR count). The van der Waals surface area contributed by atoms with Gasteiger partial charge in [-0.2, -0.15) is 4.98 Å². The van der Waals surface area contributed by atoms with E-state index in [0.717, 1.165) is 102 Å². The van der Waals surface area contributed by atoms with Crippen LogP contribution in [0.5, 0.6) is 0 Å². The molecule has 1 aromatic carbocycles. The van der Waals surface area contributed by atoms with E-state index < -0.39 is 60.3 Å². The summed E-state index contributed by atoms with van der Waals surface area (Å²) in [5.41, 5.74) is 18.5. The zero-order valence-corrected chi connectivity index (χ0v) is 43.5. The molecule has 6 aliphatic carbocycles. The summed E-state index contributed by atoms with van der Waals surface area (Å²) in [6.45, 7) is 9.60. The highest BCUT2D eigenvalue weighted by molar-refractivity contribution is 5.94. The number of nitrogens with zero attached hydrogens (tertiary/aromatic N) is 3. The topological polar surface area (TPSA) is 290 Å². The van der Waals surface area contributed by atoms with Crippen LogP contribution >= 0.6 is 0 Å². The van der Waals surface area contributed by atoms with Crippen LogP contribution in [0.3, 0.4) is 0 Å². The molecule has 8 fully saturated rings. The SMILES string of the molecule is CC1(C)[C@@H]2[C@@H](C(=O)NC(CC3CCC3)C(O)C(N)=O)N(C(=O)[C@@H](N)C3CCCCC3)C[C@@H]21.CC1(C)[C@@H]2[C@@H](C(=O)NC(CC3CCC3)C(O)C(N)=O)N(C(=O)[C@@H](Nc3nc4ccccc4o3)C3CCCCC3)C[C@@H]21. The Labute approximate surface area is 429 Å². The number of nitrogens with one attached hydrogen (secondary N) is 3. The number of benzene rings is 1. The molecule has 0 spiro atoms. The van der Waals surface area contributed by atoms with E-state index in [1.54, 1.807) is 9.80 Å². The molecule has 2 saturated heterocycles. The van der Waals surface area contributed by atoms with Gasteiger partial charge in [-0.15, -0.1) is 0 Å². The second-order valence-corrected chi connectivity index (χ2v) is 24.7. The minimum Gasteiger partial charge on any atom is -0.424 e. The molecule has 402 valence electrons. The molecule has 2 aliphatic heterocycles. The maximum Gasteiger partial charge on any atom is 0.296 e. The molecule has 11 N–H and O–H groups in total. The quantitative estimate of drug-likeness (QED) is 0.105. The lowest BCUT2D eigenvalue weighted by atomic mass is 9.79. The van der Waals surface area contributed by atoms with Crippen molar-refractivity contribution in [2.45, 2.75) is 192 Å². The fourth-order valence-corrected chi connectivity index (χ4v) is 14.2. The summed E-state index contributed by atoms with van der Waals surface area (Å²) in [4.78, 5) is 86.9. The second kappa shape index (κ2) is 21.4. The van der Waals surface area contributed by atoms with Crippen molar-refractivity contribution in [3.63, 3.8) is 0 Å². The van der Waals surface area contributed by atoms with E-state index in [2.05, 4.69) is 48.6 Å². The number of fused-ring (bicyclic) bond motifs is 3. The number of aliphatic hydroxyl groups excluding tert-OH is 2. The van der Waals surface area contributed by atoms with Gasteiger partial charge in [0.2, 0.25) is 35.4 Å². The number of anilines is 1. The minimum atomic E-state index is -1.47. The number of amides is 6. The summed E-state index contributed by atoms with van der Waals surface area (Å²) >= 11 is 0. The number of primary amides is 2. The molecule has 6 saturated carbocycles. The number of rotatable bonds is 18. The van der Waals surface area contributed by atoms with Gasteiger partial charge in [-0.3, -0.25) is 28.8 Å². The normalized spacial score (nSPS) is 29.8. The van der Waals surface area contributed by atoms with Crippen molar-refractivity contribution < 1.29 is 43.4 Å². The van der Waals surface area contributed by atoms with Gasteiger partial charge in [0, 0.05) is 13.1 Å². The van der Waals surface area contributed by atoms with Crippen molar-refractivity contribution >= 4 is 52.6 Å². The highest BCUT2D eigenvalue weighted by Gasteiger charge is 2.71. The number of carbonyl (C=O) groups excluding carboxylic acids is 6. The number of carbonyl (C=O) groups is 6. The number of hydrogen-bond acceptors (Lipinski definition) is 12. The first-order valence-electron chi connectivity index (χ1n) is 27.8. The van der Waals surface area contributed by atoms with E-state index in [-0.39, 0.29) is 70.0 Å². The molecule has 4 unspecified atom stereocenters. The Balaban J connectivity index is 0.000000186. The number of nitrogens with two attached hydrogens (primary N) is 3. The molecule has 0 bridgehead atoms. The highest BCUT2D eigenvalue weighted by Crippen LogP contribution is 2.66. The first-order valence-corrected chi connectivity index (χ1v) is 27.8. The maximum atomic E-state index is 14.4. The Morgan fingerprint density at radius 1 is 0.658 bits per heavy atom. The maximum absolute atomic E-state index is 14.4. The smallest absolute Gasteiger partial charge is 0.296 e. The van der Waals surface area contributed by atoms with Crippen LogP contribution < -0.4 is 33.2 Å². The van der Waals surface area contributed by atoms with E-state index in [1.165, 1.54) is 6.42 Å². The van der Waals surface area contributed by atoms with Crippen LogP contribution in [0.4, 0.5) is 6.01 Å². The number of oxazole rings is 1. The lowest BCUT2D eigenvalue weighted by Crippen LogP contribution is -2.59. The Hall–Kier alpha value is -4.81. The molecule has 18 heteroatoms. The number of para-hydroxylation sites is 2. The van der Waals surface area contributed by atoms with Crippen LogP contribution in [0.15, 0.2) is 28.7 Å². The molecular weight excluding hydrogens is 931 g/mol. The third-order valence-corrected chi connectivity index (χ3v) is 19.5. The average Bonchev–Trinajstić information content (AvgIpc) is 3.75. The second-order valence-electron chi connectivity index (χ2n) is 24.7. The van der Waals surface area contributed by atoms with Gasteiger partial charge in [0.1, 0.15) is 23.6 Å². The van der Waals surface area contributed by atoms with Gasteiger partial charge < -0.3 is 57.6 Å². The summed E-state index contributed by atoms with van der Waals surface area (Å²) in [6.07, 6.45) is 14.8. The lowest BCUT2D eigenvalue weighted by Gasteiger charge is -2.37. The first-order chi connectivity index (χ1) is 34.8. The predicted molar refractivity (Wildman–Crippen MR) is 273 cm³/mol. The molecule has 3 heterocycles. The predicted octanol–water partition coefficient (Wildman–Crippen LogP) is 4.09. The average molecular weight is 1010 g/mol. The number of aliphatic hydroxyl groups is 2. The number of hydrogen-bond donors (Lipinski definition) is 8. The monoisotopic (exact) mass is 1010 g/mol. The summed E-state index contributed by atoms with van der Waals surface area (Å²) in [5.74, 6) is -0.985. The van der Waals surface area contributed by atoms with Crippen LogP contribution in [0.25, 0.3) is 11.1 Å². The summed E-state index contributed by atoms with van der Waals surface area (Å²) in [6, 6.07) is 3.89. The summed E-state index contributed by atoms with van der Waals surface area (Å²) in [7, 11) is 0. The van der Waals surface area contributed by atoms with Crippen LogP contribution in [-0.2, 0) is 28.8 Å². The van der Waals surface area contributed by atoms with Crippen LogP contribution in [0, 0.1) is 58.2 Å². The Bertz CT molecular complexity index is 2320. The zero-order chi connectivity index (χ0) is 52.1. The van der Waals surface area contributed by atoms with Gasteiger partial charge in [-0.05, 0) is 109 Å². The van der Waals surface area contributed by atoms with Crippen LogP contribution in [0.2, 0.25) is 0 Å². The van der Waals surface area contributed by atoms with E-state index in [0.29, 0.717) is 49.4 Å². The molecule has 6 amide bonds. The van der Waals surface area contributed by atoms with Gasteiger partial charge in [0.15, 0.2) is 17.8 Å². The van der Waals surface area contributed by atoms with Gasteiger partial charge >= 0.3 is 0 Å². The third-order valence-electron chi connectivity index (χ3n) is 19.5. The van der Waals surface area contributed by atoms with Crippen molar-refractivity contribution in [3.8, 4) is 0 Å². The molecule has 8 aliphatic rings. The largest absolute Gasteiger partial charge is 0.424 e. The minimum absolute atomic E-state index is 0.0119. The van der Waals surface area contributed by atoms with Crippen molar-refractivity contribution in [3.05, 3.63) is 24.3 Å². The van der Waals surface area contributed by atoms with Crippen molar-refractivity contribution in [2.75, 3.05) is 18.4 Å². The van der Waals surface area contributed by atoms with Gasteiger partial charge in [0.25, 0.3) is 6.01 Å². The fraction of sp³-hybridized carbons (Fsp3) is 0.764. The van der Waals surface area contributed by atoms with Crippen LogP contribution in [-0.4, -0.2) is 122 Å². The van der Waals surface area contributed by atoms with E-state index >= 15 is 0 Å². The third kappa shape index (κ3) is 10.9. The van der Waals surface area contributed by atoms with E-state index in [9.17, 15) is 39.0 Å². The van der Waals surface area contributed by atoms with E-state index in [4.69, 9.17) is 21.6 Å². The Morgan fingerprint density at radius 3 is 1.55 bits per heavy atom. The van der Waals surface area contributed by atoms with Gasteiger partial charge in [-0.25, -0.2) is 0 Å². The highest BCUT2D eigenvalue weighted by atomic mass is 16.4. The number of likely N-dealkylation sites (tertiary alicyclic amines) is 2. The fourth-order valence-electron chi connectivity index (χ4n) is 14.2. The Morgan fingerprint density at radius 2 is 1.11 bits per heavy atom. The van der Waals surface area contributed by atoms with Crippen molar-refractivity contribution in [1.82, 2.24) is 25.4 Å². The first kappa shape index (κ1) is 53.0. The summed E-state index contributed by atoms with van der Waals surface area (Å²) < 4.78 is 5.95. The molecule has 73 heavy (non-hydrogen) atoms. The Kier molecular flexibility index (Phi) is 15.6. The molecule has 0 radical (unpaired) electrons. The number of piperidine rings is 2.